The second kappa shape index (κ2) is 6.47. The molecule has 0 amide bonds. The van der Waals surface area contributed by atoms with Gasteiger partial charge in [0.1, 0.15) is 0 Å². The molecule has 0 spiro atoms. The molecule has 1 N–H and O–H groups in total. The Bertz CT molecular complexity index is 540. The van der Waals surface area contributed by atoms with Crippen molar-refractivity contribution in [2.45, 2.75) is 20.3 Å². The van der Waals surface area contributed by atoms with Gasteiger partial charge in [-0.05, 0) is 36.1 Å². The molecule has 2 aromatic rings. The Morgan fingerprint density at radius 3 is 2.35 bits per heavy atom. The van der Waals surface area contributed by atoms with Crippen LogP contribution in [0.1, 0.15) is 18.6 Å². The van der Waals surface area contributed by atoms with E-state index in [1.54, 1.807) is 0 Å². The highest BCUT2D eigenvalue weighted by Gasteiger charge is 2.12. The molecule has 2 nitrogen and oxygen atoms in total. The fraction of sp³-hybridized carbons (Fsp3) is 0.333. The van der Waals surface area contributed by atoms with Gasteiger partial charge in [0, 0.05) is 31.5 Å². The number of rotatable bonds is 0. The van der Waals surface area contributed by atoms with Gasteiger partial charge < -0.3 is 10.2 Å². The van der Waals surface area contributed by atoms with E-state index >= 15 is 0 Å². The summed E-state index contributed by atoms with van der Waals surface area (Å²) in [6.45, 7) is 2.29. The monoisotopic (exact) mass is 268 g/mol. The van der Waals surface area contributed by atoms with Crippen molar-refractivity contribution in [1.82, 2.24) is 0 Å². The van der Waals surface area contributed by atoms with Gasteiger partial charge in [0.2, 0.25) is 0 Å². The van der Waals surface area contributed by atoms with E-state index in [1.165, 1.54) is 41.9 Å². The molecule has 0 saturated heterocycles. The maximum Gasteiger partial charge on any atom is 0.0396 e. The third kappa shape index (κ3) is 2.96. The molecule has 0 atom stereocenters. The summed E-state index contributed by atoms with van der Waals surface area (Å²) < 4.78 is 0. The Morgan fingerprint density at radius 2 is 1.60 bits per heavy atom. The summed E-state index contributed by atoms with van der Waals surface area (Å²) in [5.74, 6) is 0. The second-order valence-electron chi connectivity index (χ2n) is 5.13. The highest BCUT2D eigenvalue weighted by molar-refractivity contribution is 5.57. The summed E-state index contributed by atoms with van der Waals surface area (Å²) in [5, 5.41) is 3.30. The van der Waals surface area contributed by atoms with Crippen molar-refractivity contribution in [3.05, 3.63) is 59.7 Å². The van der Waals surface area contributed by atoms with Crippen LogP contribution in [0.3, 0.4) is 0 Å². The first-order chi connectivity index (χ1) is 9.34. The van der Waals surface area contributed by atoms with E-state index in [9.17, 15) is 0 Å². The maximum absolute atomic E-state index is 3.30. The van der Waals surface area contributed by atoms with Gasteiger partial charge in [0.05, 0.1) is 0 Å². The summed E-state index contributed by atoms with van der Waals surface area (Å²) in [7, 11) is 2.14. The van der Waals surface area contributed by atoms with Gasteiger partial charge in [0.15, 0.2) is 0 Å². The number of para-hydroxylation sites is 2. The molecule has 2 aliphatic rings. The molecular weight excluding hydrogens is 244 g/mol. The normalized spacial score (nSPS) is 14.3. The van der Waals surface area contributed by atoms with Crippen LogP contribution in [0.5, 0.6) is 0 Å². The fourth-order valence-electron chi connectivity index (χ4n) is 2.75. The van der Waals surface area contributed by atoms with Gasteiger partial charge in [-0.2, -0.15) is 0 Å². The van der Waals surface area contributed by atoms with Crippen LogP contribution in [0.25, 0.3) is 0 Å². The standard InChI is InChI=1S/C9H11N.C8H9N.CH4/c1-10-7-6-8-4-2-3-5-9(8)10;1-2-4-8-7(3-1)5-6-9-8;/h2-5H,6-7H2,1H3;1-4,9H,5-6H2;1H4. The predicted molar refractivity (Wildman–Crippen MR) is 88.8 cm³/mol. The summed E-state index contributed by atoms with van der Waals surface area (Å²) in [5.41, 5.74) is 5.67. The molecule has 0 unspecified atom stereocenters. The zero-order chi connectivity index (χ0) is 13.1. The van der Waals surface area contributed by atoms with Crippen molar-refractivity contribution in [3.8, 4) is 0 Å². The largest absolute Gasteiger partial charge is 0.384 e. The van der Waals surface area contributed by atoms with E-state index in [0.717, 1.165) is 6.54 Å². The van der Waals surface area contributed by atoms with E-state index in [0.29, 0.717) is 0 Å². The Kier molecular flexibility index (Phi) is 4.67. The van der Waals surface area contributed by atoms with Crippen molar-refractivity contribution in [1.29, 1.82) is 0 Å². The molecule has 0 fully saturated rings. The smallest absolute Gasteiger partial charge is 0.0396 e. The molecule has 2 heterocycles. The van der Waals surface area contributed by atoms with Crippen LogP contribution in [-0.4, -0.2) is 20.1 Å². The molecular formula is C18H24N2. The van der Waals surface area contributed by atoms with Crippen LogP contribution in [0.4, 0.5) is 11.4 Å². The Hall–Kier alpha value is -1.96. The number of anilines is 2. The zero-order valence-corrected chi connectivity index (χ0v) is 11.4. The van der Waals surface area contributed by atoms with Crippen molar-refractivity contribution >= 4 is 11.4 Å². The molecule has 0 radical (unpaired) electrons. The fourth-order valence-corrected chi connectivity index (χ4v) is 2.75. The first-order valence-electron chi connectivity index (χ1n) is 6.95. The molecule has 0 aliphatic carbocycles. The highest BCUT2D eigenvalue weighted by atomic mass is 15.1. The van der Waals surface area contributed by atoms with Crippen LogP contribution in [0.2, 0.25) is 0 Å². The molecule has 0 aromatic heterocycles. The summed E-state index contributed by atoms with van der Waals surface area (Å²) >= 11 is 0. The number of fused-ring (bicyclic) bond motifs is 2. The average molecular weight is 268 g/mol. The van der Waals surface area contributed by atoms with E-state index < -0.39 is 0 Å². The van der Waals surface area contributed by atoms with Crippen LogP contribution >= 0.6 is 0 Å². The Morgan fingerprint density at radius 1 is 0.900 bits per heavy atom. The Labute approximate surface area is 122 Å². The third-order valence-electron chi connectivity index (χ3n) is 3.85. The maximum atomic E-state index is 3.30. The van der Waals surface area contributed by atoms with Crippen LogP contribution in [-0.2, 0) is 12.8 Å². The summed E-state index contributed by atoms with van der Waals surface area (Å²) in [6, 6.07) is 17.1. The first kappa shape index (κ1) is 14.4. The van der Waals surface area contributed by atoms with Crippen molar-refractivity contribution < 1.29 is 0 Å². The average Bonchev–Trinajstić information content (AvgIpc) is 3.07. The number of hydrogen-bond acceptors (Lipinski definition) is 2. The van der Waals surface area contributed by atoms with Gasteiger partial charge in [-0.15, -0.1) is 0 Å². The molecule has 2 heteroatoms. The number of benzene rings is 2. The molecule has 2 aliphatic heterocycles. The number of hydrogen-bond donors (Lipinski definition) is 1. The number of nitrogens with zero attached hydrogens (tertiary/aromatic N) is 1. The molecule has 2 aromatic carbocycles. The zero-order valence-electron chi connectivity index (χ0n) is 11.4. The van der Waals surface area contributed by atoms with Crippen molar-refractivity contribution in [3.63, 3.8) is 0 Å². The quantitative estimate of drug-likeness (QED) is 0.777. The Balaban J connectivity index is 0.000000141. The van der Waals surface area contributed by atoms with Crippen molar-refractivity contribution in [2.24, 2.45) is 0 Å². The minimum Gasteiger partial charge on any atom is -0.384 e. The molecule has 0 bridgehead atoms. The topological polar surface area (TPSA) is 15.3 Å². The predicted octanol–water partition coefficient (Wildman–Crippen LogP) is 3.97. The lowest BCUT2D eigenvalue weighted by Crippen LogP contribution is -2.12. The van der Waals surface area contributed by atoms with E-state index in [4.69, 9.17) is 0 Å². The molecule has 20 heavy (non-hydrogen) atoms. The molecule has 0 saturated carbocycles. The number of likely N-dealkylation sites (N-methyl/N-ethyl adjacent to an activating group) is 1. The molecule has 106 valence electrons. The second-order valence-corrected chi connectivity index (χ2v) is 5.13. The van der Waals surface area contributed by atoms with E-state index in [-0.39, 0.29) is 7.43 Å². The van der Waals surface area contributed by atoms with Crippen LogP contribution < -0.4 is 10.2 Å². The van der Waals surface area contributed by atoms with Crippen molar-refractivity contribution in [2.75, 3.05) is 30.4 Å². The molecule has 4 rings (SSSR count). The lowest BCUT2D eigenvalue weighted by molar-refractivity contribution is 0.956. The van der Waals surface area contributed by atoms with Gasteiger partial charge in [-0.25, -0.2) is 0 Å². The lowest BCUT2D eigenvalue weighted by Gasteiger charge is -2.10. The van der Waals surface area contributed by atoms with Crippen LogP contribution in [0.15, 0.2) is 48.5 Å². The van der Waals surface area contributed by atoms with E-state index in [1.807, 2.05) is 0 Å². The number of nitrogens with one attached hydrogen (secondary N) is 1. The first-order valence-corrected chi connectivity index (χ1v) is 6.95. The summed E-state index contributed by atoms with van der Waals surface area (Å²) in [4.78, 5) is 2.30. The van der Waals surface area contributed by atoms with E-state index in [2.05, 4.69) is 65.8 Å². The minimum atomic E-state index is 0. The lowest BCUT2D eigenvalue weighted by atomic mass is 10.2. The van der Waals surface area contributed by atoms with Gasteiger partial charge in [0.25, 0.3) is 0 Å². The van der Waals surface area contributed by atoms with Gasteiger partial charge in [-0.1, -0.05) is 43.8 Å². The van der Waals surface area contributed by atoms with Crippen LogP contribution in [0, 0.1) is 0 Å². The summed E-state index contributed by atoms with van der Waals surface area (Å²) in [6.07, 6.45) is 2.41. The third-order valence-corrected chi connectivity index (χ3v) is 3.85. The van der Waals surface area contributed by atoms with Gasteiger partial charge >= 0.3 is 0 Å². The highest BCUT2D eigenvalue weighted by Crippen LogP contribution is 2.25. The SMILES string of the molecule is C.CN1CCc2ccccc21.c1ccc2c(c1)CCN2. The van der Waals surface area contributed by atoms with Gasteiger partial charge in [-0.3, -0.25) is 0 Å². The minimum absolute atomic E-state index is 0.